The molecule has 2 rings (SSSR count). The quantitative estimate of drug-likeness (QED) is 0.781. The number of methoxy groups -OCH3 is 1. The zero-order valence-electron chi connectivity index (χ0n) is 11.4. The molecule has 1 aliphatic rings. The smallest absolute Gasteiger partial charge is 0.127 e. The van der Waals surface area contributed by atoms with Gasteiger partial charge >= 0.3 is 0 Å². The molecular weight excluding hydrogens is 242 g/mol. The number of aromatic hydroxyl groups is 1. The Morgan fingerprint density at radius 1 is 1.26 bits per heavy atom. The van der Waals surface area contributed by atoms with Gasteiger partial charge in [0.1, 0.15) is 11.5 Å². The Labute approximate surface area is 114 Å². The van der Waals surface area contributed by atoms with Crippen LogP contribution in [0.2, 0.25) is 0 Å². The number of phenols is 1. The molecule has 0 spiro atoms. The van der Waals surface area contributed by atoms with Gasteiger partial charge in [0.15, 0.2) is 0 Å². The lowest BCUT2D eigenvalue weighted by molar-refractivity contribution is 0.0603. The van der Waals surface area contributed by atoms with Crippen molar-refractivity contribution in [3.8, 4) is 11.5 Å². The Hall–Kier alpha value is -1.26. The van der Waals surface area contributed by atoms with Crippen molar-refractivity contribution in [2.75, 3.05) is 7.11 Å². The number of phenolic OH excluding ortho intramolecular Hbond substituents is 1. The molecule has 1 fully saturated rings. The number of aliphatic hydroxyl groups excluding tert-OH is 1. The highest BCUT2D eigenvalue weighted by atomic mass is 16.5. The van der Waals surface area contributed by atoms with Crippen molar-refractivity contribution in [2.24, 2.45) is 11.7 Å². The van der Waals surface area contributed by atoms with Crippen LogP contribution in [0.15, 0.2) is 18.2 Å². The minimum atomic E-state index is -0.637. The Balaban J connectivity index is 2.20. The van der Waals surface area contributed by atoms with E-state index < -0.39 is 12.1 Å². The van der Waals surface area contributed by atoms with Gasteiger partial charge in [-0.1, -0.05) is 25.3 Å². The first kappa shape index (κ1) is 14.2. The number of nitrogens with two attached hydrogens (primary N) is 1. The maximum atomic E-state index is 10.4. The predicted molar refractivity (Wildman–Crippen MR) is 74.2 cm³/mol. The number of hydrogen-bond acceptors (Lipinski definition) is 4. The van der Waals surface area contributed by atoms with Crippen molar-refractivity contribution >= 4 is 0 Å². The zero-order valence-corrected chi connectivity index (χ0v) is 11.4. The van der Waals surface area contributed by atoms with Gasteiger partial charge < -0.3 is 20.7 Å². The van der Waals surface area contributed by atoms with Crippen LogP contribution in [-0.2, 0) is 0 Å². The van der Waals surface area contributed by atoms with Crippen LogP contribution >= 0.6 is 0 Å². The topological polar surface area (TPSA) is 75.7 Å². The lowest BCUT2D eigenvalue weighted by Crippen LogP contribution is -2.34. The summed E-state index contributed by atoms with van der Waals surface area (Å²) in [5.74, 6) is 0.831. The third-order valence-corrected chi connectivity index (χ3v) is 4.10. The Bertz CT molecular complexity index is 416. The lowest BCUT2D eigenvalue weighted by atomic mass is 9.81. The molecule has 0 aliphatic heterocycles. The summed E-state index contributed by atoms with van der Waals surface area (Å²) in [6.07, 6.45) is 4.90. The molecular formula is C15H23NO3. The van der Waals surface area contributed by atoms with Gasteiger partial charge in [0.2, 0.25) is 0 Å². The Morgan fingerprint density at radius 3 is 2.58 bits per heavy atom. The van der Waals surface area contributed by atoms with Crippen LogP contribution in [0, 0.1) is 5.92 Å². The van der Waals surface area contributed by atoms with Crippen LogP contribution in [0.3, 0.4) is 0 Å². The largest absolute Gasteiger partial charge is 0.507 e. The summed E-state index contributed by atoms with van der Waals surface area (Å²) in [6, 6.07) is 4.42. The molecule has 2 atom stereocenters. The standard InChI is InChI=1S/C15H23NO3/c1-19-12-9-5-8-11(17)13(12)14(16)15(18)10-6-3-2-4-7-10/h5,8-10,14-15,17-18H,2-4,6-7,16H2,1H3/t14-,15+/m1/s1. The van der Waals surface area contributed by atoms with Gasteiger partial charge in [0, 0.05) is 0 Å². The molecule has 106 valence electrons. The summed E-state index contributed by atoms with van der Waals surface area (Å²) in [6.45, 7) is 0. The fourth-order valence-electron chi connectivity index (χ4n) is 2.99. The van der Waals surface area contributed by atoms with Crippen molar-refractivity contribution in [1.29, 1.82) is 0 Å². The van der Waals surface area contributed by atoms with Crippen LogP contribution in [-0.4, -0.2) is 23.4 Å². The summed E-state index contributed by atoms with van der Waals surface area (Å²) in [7, 11) is 1.54. The third kappa shape index (κ3) is 3.01. The van der Waals surface area contributed by atoms with E-state index in [1.54, 1.807) is 18.2 Å². The van der Waals surface area contributed by atoms with Crippen molar-refractivity contribution in [1.82, 2.24) is 0 Å². The van der Waals surface area contributed by atoms with Crippen LogP contribution < -0.4 is 10.5 Å². The van der Waals surface area contributed by atoms with Crippen molar-refractivity contribution < 1.29 is 14.9 Å². The molecule has 1 aromatic carbocycles. The molecule has 4 N–H and O–H groups in total. The molecule has 0 unspecified atom stereocenters. The number of rotatable bonds is 4. The van der Waals surface area contributed by atoms with Crippen LogP contribution in [0.25, 0.3) is 0 Å². The van der Waals surface area contributed by atoms with E-state index in [4.69, 9.17) is 10.5 Å². The second-order valence-corrected chi connectivity index (χ2v) is 5.31. The summed E-state index contributed by atoms with van der Waals surface area (Å²) in [5.41, 5.74) is 6.66. The van der Waals surface area contributed by atoms with Gasteiger partial charge in [-0.25, -0.2) is 0 Å². The molecule has 0 heterocycles. The Morgan fingerprint density at radius 2 is 1.95 bits per heavy atom. The molecule has 1 aliphatic carbocycles. The second-order valence-electron chi connectivity index (χ2n) is 5.31. The number of benzene rings is 1. The molecule has 0 saturated heterocycles. The van der Waals surface area contributed by atoms with Gasteiger partial charge in [0.05, 0.1) is 24.8 Å². The fraction of sp³-hybridized carbons (Fsp3) is 0.600. The molecule has 0 radical (unpaired) electrons. The first-order valence-electron chi connectivity index (χ1n) is 6.94. The Kier molecular flexibility index (Phi) is 4.66. The fourth-order valence-corrected chi connectivity index (χ4v) is 2.99. The highest BCUT2D eigenvalue weighted by molar-refractivity contribution is 5.46. The van der Waals surface area contributed by atoms with Crippen LogP contribution in [0.5, 0.6) is 11.5 Å². The summed E-state index contributed by atoms with van der Waals surface area (Å²) >= 11 is 0. The molecule has 0 amide bonds. The van der Waals surface area contributed by atoms with Crippen molar-refractivity contribution in [2.45, 2.75) is 44.2 Å². The highest BCUT2D eigenvalue weighted by Gasteiger charge is 2.30. The van der Waals surface area contributed by atoms with E-state index >= 15 is 0 Å². The van der Waals surface area contributed by atoms with Crippen LogP contribution in [0.4, 0.5) is 0 Å². The minimum absolute atomic E-state index is 0.0849. The first-order valence-corrected chi connectivity index (χ1v) is 6.94. The molecule has 1 aromatic rings. The molecule has 0 aromatic heterocycles. The predicted octanol–water partition coefficient (Wildman–Crippen LogP) is 2.34. The summed E-state index contributed by atoms with van der Waals surface area (Å²) in [5, 5.41) is 20.4. The average Bonchev–Trinajstić information content (AvgIpc) is 2.46. The normalized spacial score (nSPS) is 19.9. The third-order valence-electron chi connectivity index (χ3n) is 4.10. The molecule has 1 saturated carbocycles. The maximum Gasteiger partial charge on any atom is 0.127 e. The van der Waals surface area contributed by atoms with Crippen molar-refractivity contribution in [3.05, 3.63) is 23.8 Å². The van der Waals surface area contributed by atoms with E-state index in [2.05, 4.69) is 0 Å². The monoisotopic (exact) mass is 265 g/mol. The van der Waals surface area contributed by atoms with Gasteiger partial charge in [-0.05, 0) is 30.9 Å². The molecule has 4 nitrogen and oxygen atoms in total. The van der Waals surface area contributed by atoms with E-state index in [1.165, 1.54) is 13.5 Å². The number of hydrogen-bond donors (Lipinski definition) is 3. The minimum Gasteiger partial charge on any atom is -0.507 e. The van der Waals surface area contributed by atoms with Gasteiger partial charge in [-0.2, -0.15) is 0 Å². The van der Waals surface area contributed by atoms with E-state index in [1.807, 2.05) is 0 Å². The van der Waals surface area contributed by atoms with E-state index in [0.717, 1.165) is 25.7 Å². The zero-order chi connectivity index (χ0) is 13.8. The summed E-state index contributed by atoms with van der Waals surface area (Å²) in [4.78, 5) is 0. The van der Waals surface area contributed by atoms with Gasteiger partial charge in [0.25, 0.3) is 0 Å². The number of ether oxygens (including phenoxy) is 1. The lowest BCUT2D eigenvalue weighted by Gasteiger charge is -2.31. The number of aliphatic hydroxyl groups is 1. The summed E-state index contributed by atoms with van der Waals surface area (Å²) < 4.78 is 5.23. The SMILES string of the molecule is COc1cccc(O)c1[C@@H](N)[C@@H](O)C1CCCCC1. The molecule has 0 bridgehead atoms. The molecule has 4 heteroatoms. The van der Waals surface area contributed by atoms with E-state index in [-0.39, 0.29) is 11.7 Å². The van der Waals surface area contributed by atoms with Crippen LogP contribution in [0.1, 0.15) is 43.7 Å². The van der Waals surface area contributed by atoms with Gasteiger partial charge in [-0.3, -0.25) is 0 Å². The first-order chi connectivity index (χ1) is 9.15. The van der Waals surface area contributed by atoms with E-state index in [0.29, 0.717) is 11.3 Å². The average molecular weight is 265 g/mol. The maximum absolute atomic E-state index is 10.4. The van der Waals surface area contributed by atoms with Gasteiger partial charge in [-0.15, -0.1) is 0 Å². The highest BCUT2D eigenvalue weighted by Crippen LogP contribution is 2.38. The van der Waals surface area contributed by atoms with E-state index in [9.17, 15) is 10.2 Å². The second kappa shape index (κ2) is 6.26. The molecule has 19 heavy (non-hydrogen) atoms. The van der Waals surface area contributed by atoms with Crippen molar-refractivity contribution in [3.63, 3.8) is 0 Å².